The average molecular weight is 266 g/mol. The van der Waals surface area contributed by atoms with Crippen molar-refractivity contribution in [1.82, 2.24) is 0 Å². The van der Waals surface area contributed by atoms with Crippen molar-refractivity contribution in [3.05, 3.63) is 23.8 Å². The van der Waals surface area contributed by atoms with Gasteiger partial charge in [0.05, 0.1) is 5.56 Å². The Balaban J connectivity index is 2.06. The lowest BCUT2D eigenvalue weighted by molar-refractivity contribution is 0.0698. The molecular weight excluding hydrogens is 248 g/mol. The van der Waals surface area contributed by atoms with Crippen LogP contribution in [0.2, 0.25) is 0 Å². The Morgan fingerprint density at radius 3 is 2.89 bits per heavy atom. The van der Waals surface area contributed by atoms with E-state index in [1.54, 1.807) is 12.1 Å². The minimum atomic E-state index is -0.982. The first-order valence-electron chi connectivity index (χ1n) is 6.02. The third-order valence-electron chi connectivity index (χ3n) is 3.37. The molecule has 2 unspecified atom stereocenters. The molecule has 0 saturated heterocycles. The number of carbonyl (C=O) groups is 1. The van der Waals surface area contributed by atoms with E-state index in [-0.39, 0.29) is 5.56 Å². The number of nitrogens with two attached hydrogens (primary N) is 1. The Bertz CT molecular complexity index is 451. The number of hydrogen-bond acceptors (Lipinski definition) is 4. The van der Waals surface area contributed by atoms with Gasteiger partial charge in [0.2, 0.25) is 0 Å². The van der Waals surface area contributed by atoms with E-state index in [0.29, 0.717) is 11.7 Å². The highest BCUT2D eigenvalue weighted by molar-refractivity contribution is 7.99. The summed E-state index contributed by atoms with van der Waals surface area (Å²) in [7, 11) is 0. The lowest BCUT2D eigenvalue weighted by Crippen LogP contribution is -2.16. The molecule has 2 atom stereocenters. The molecule has 1 aliphatic carbocycles. The number of hydrogen-bond donors (Lipinski definition) is 3. The SMILES string of the molecule is CSC1CCC(Nc2ccc(N)c(C(=O)O)c2)C1. The third-order valence-corrected chi connectivity index (χ3v) is 4.47. The van der Waals surface area contributed by atoms with Gasteiger partial charge in [-0.05, 0) is 43.7 Å². The fraction of sp³-hybridized carbons (Fsp3) is 0.462. The Morgan fingerprint density at radius 1 is 1.50 bits per heavy atom. The Morgan fingerprint density at radius 2 is 2.28 bits per heavy atom. The van der Waals surface area contributed by atoms with Gasteiger partial charge in [-0.1, -0.05) is 0 Å². The van der Waals surface area contributed by atoms with E-state index in [0.717, 1.165) is 23.8 Å². The normalized spacial score (nSPS) is 22.9. The Labute approximate surface area is 111 Å². The number of carboxylic acids is 1. The molecule has 1 fully saturated rings. The van der Waals surface area contributed by atoms with Crippen molar-refractivity contribution in [3.8, 4) is 0 Å². The number of aromatic carboxylic acids is 1. The molecule has 1 aromatic rings. The summed E-state index contributed by atoms with van der Waals surface area (Å²) < 4.78 is 0. The summed E-state index contributed by atoms with van der Waals surface area (Å²) >= 11 is 1.90. The highest BCUT2D eigenvalue weighted by Gasteiger charge is 2.23. The van der Waals surface area contributed by atoms with Crippen LogP contribution in [-0.4, -0.2) is 28.6 Å². The van der Waals surface area contributed by atoms with Crippen LogP contribution in [0.5, 0.6) is 0 Å². The standard InChI is InChI=1S/C13H18N2O2S/c1-18-10-4-2-8(6-10)15-9-3-5-12(14)11(7-9)13(16)17/h3,5,7-8,10,15H,2,4,6,14H2,1H3,(H,16,17). The number of nitrogen functional groups attached to an aromatic ring is 1. The van der Waals surface area contributed by atoms with E-state index in [1.165, 1.54) is 6.42 Å². The van der Waals surface area contributed by atoms with Crippen molar-refractivity contribution in [2.75, 3.05) is 17.3 Å². The third kappa shape index (κ3) is 2.90. The molecule has 0 heterocycles. The van der Waals surface area contributed by atoms with E-state index < -0.39 is 5.97 Å². The van der Waals surface area contributed by atoms with Crippen LogP contribution in [0.4, 0.5) is 11.4 Å². The van der Waals surface area contributed by atoms with Gasteiger partial charge in [-0.15, -0.1) is 0 Å². The molecule has 5 heteroatoms. The fourth-order valence-electron chi connectivity index (χ4n) is 2.35. The molecule has 0 spiro atoms. The summed E-state index contributed by atoms with van der Waals surface area (Å²) in [6, 6.07) is 5.54. The summed E-state index contributed by atoms with van der Waals surface area (Å²) in [6.07, 6.45) is 5.63. The van der Waals surface area contributed by atoms with Crippen molar-refractivity contribution >= 4 is 29.1 Å². The first-order valence-corrected chi connectivity index (χ1v) is 7.31. The molecule has 0 bridgehead atoms. The zero-order chi connectivity index (χ0) is 13.1. The summed E-state index contributed by atoms with van der Waals surface area (Å²) in [5.41, 5.74) is 6.94. The quantitative estimate of drug-likeness (QED) is 0.730. The molecule has 1 aromatic carbocycles. The first-order chi connectivity index (χ1) is 8.60. The molecular formula is C13H18N2O2S. The van der Waals surface area contributed by atoms with E-state index in [9.17, 15) is 4.79 Å². The summed E-state index contributed by atoms with van der Waals surface area (Å²) in [5, 5.41) is 13.1. The van der Waals surface area contributed by atoms with Crippen molar-refractivity contribution < 1.29 is 9.90 Å². The van der Waals surface area contributed by atoms with Crippen molar-refractivity contribution in [3.63, 3.8) is 0 Å². The molecule has 0 aliphatic heterocycles. The lowest BCUT2D eigenvalue weighted by Gasteiger charge is -2.15. The number of anilines is 2. The zero-order valence-corrected chi connectivity index (χ0v) is 11.2. The average Bonchev–Trinajstić information content (AvgIpc) is 2.79. The molecule has 0 aromatic heterocycles. The molecule has 0 amide bonds. The molecule has 0 radical (unpaired) electrons. The minimum Gasteiger partial charge on any atom is -0.478 e. The van der Waals surface area contributed by atoms with Crippen molar-refractivity contribution in [2.24, 2.45) is 0 Å². The number of carboxylic acid groups (broad SMARTS) is 1. The maximum Gasteiger partial charge on any atom is 0.337 e. The van der Waals surface area contributed by atoms with Crippen LogP contribution in [0.15, 0.2) is 18.2 Å². The number of benzene rings is 1. The van der Waals surface area contributed by atoms with E-state index in [2.05, 4.69) is 11.6 Å². The Kier molecular flexibility index (Phi) is 4.01. The minimum absolute atomic E-state index is 0.166. The van der Waals surface area contributed by atoms with Crippen LogP contribution in [-0.2, 0) is 0 Å². The summed E-state index contributed by atoms with van der Waals surface area (Å²) in [4.78, 5) is 11.0. The van der Waals surface area contributed by atoms with E-state index in [1.807, 2.05) is 17.8 Å². The largest absolute Gasteiger partial charge is 0.478 e. The number of rotatable bonds is 4. The van der Waals surface area contributed by atoms with Gasteiger partial charge in [0.15, 0.2) is 0 Å². The van der Waals surface area contributed by atoms with Crippen LogP contribution in [0, 0.1) is 0 Å². The van der Waals surface area contributed by atoms with Gasteiger partial charge in [0, 0.05) is 22.7 Å². The van der Waals surface area contributed by atoms with Gasteiger partial charge in [-0.2, -0.15) is 11.8 Å². The zero-order valence-electron chi connectivity index (χ0n) is 10.3. The predicted molar refractivity (Wildman–Crippen MR) is 76.4 cm³/mol. The summed E-state index contributed by atoms with van der Waals surface area (Å²) in [5.74, 6) is -0.982. The molecule has 18 heavy (non-hydrogen) atoms. The highest BCUT2D eigenvalue weighted by Crippen LogP contribution is 2.30. The van der Waals surface area contributed by atoms with E-state index in [4.69, 9.17) is 10.8 Å². The van der Waals surface area contributed by atoms with Crippen LogP contribution < -0.4 is 11.1 Å². The van der Waals surface area contributed by atoms with Gasteiger partial charge in [0.25, 0.3) is 0 Å². The molecule has 1 aliphatic rings. The molecule has 1 saturated carbocycles. The van der Waals surface area contributed by atoms with Gasteiger partial charge in [0.1, 0.15) is 0 Å². The second kappa shape index (κ2) is 5.52. The fourth-order valence-corrected chi connectivity index (χ4v) is 3.15. The van der Waals surface area contributed by atoms with Crippen LogP contribution in [0.3, 0.4) is 0 Å². The second-order valence-electron chi connectivity index (χ2n) is 4.62. The van der Waals surface area contributed by atoms with Gasteiger partial charge >= 0.3 is 5.97 Å². The number of nitrogens with one attached hydrogen (secondary N) is 1. The topological polar surface area (TPSA) is 75.3 Å². The van der Waals surface area contributed by atoms with Crippen molar-refractivity contribution in [2.45, 2.75) is 30.6 Å². The van der Waals surface area contributed by atoms with Gasteiger partial charge < -0.3 is 16.2 Å². The van der Waals surface area contributed by atoms with E-state index >= 15 is 0 Å². The molecule has 4 nitrogen and oxygen atoms in total. The van der Waals surface area contributed by atoms with Gasteiger partial charge in [-0.25, -0.2) is 4.79 Å². The highest BCUT2D eigenvalue weighted by atomic mass is 32.2. The first kappa shape index (κ1) is 13.1. The smallest absolute Gasteiger partial charge is 0.337 e. The van der Waals surface area contributed by atoms with Crippen molar-refractivity contribution in [1.29, 1.82) is 0 Å². The number of thioether (sulfide) groups is 1. The lowest BCUT2D eigenvalue weighted by atomic mass is 10.1. The predicted octanol–water partition coefficient (Wildman–Crippen LogP) is 2.66. The Hall–Kier alpha value is -1.36. The van der Waals surface area contributed by atoms with Gasteiger partial charge in [-0.3, -0.25) is 0 Å². The monoisotopic (exact) mass is 266 g/mol. The summed E-state index contributed by atoms with van der Waals surface area (Å²) in [6.45, 7) is 0. The maximum atomic E-state index is 11.0. The van der Waals surface area contributed by atoms with Crippen LogP contribution in [0.25, 0.3) is 0 Å². The molecule has 98 valence electrons. The molecule has 4 N–H and O–H groups in total. The molecule has 2 rings (SSSR count). The van der Waals surface area contributed by atoms with Crippen LogP contribution in [0.1, 0.15) is 29.6 Å². The maximum absolute atomic E-state index is 11.0. The van der Waals surface area contributed by atoms with Crippen LogP contribution >= 0.6 is 11.8 Å². The second-order valence-corrected chi connectivity index (χ2v) is 5.76.